The lowest BCUT2D eigenvalue weighted by molar-refractivity contribution is 0.582. The van der Waals surface area contributed by atoms with Gasteiger partial charge in [-0.05, 0) is 24.1 Å². The molecular formula is C12H13N3O2S2. The molecule has 2 N–H and O–H groups in total. The van der Waals surface area contributed by atoms with Crippen molar-refractivity contribution in [1.29, 1.82) is 0 Å². The lowest BCUT2D eigenvalue weighted by Crippen LogP contribution is -2.22. The van der Waals surface area contributed by atoms with Crippen LogP contribution in [0.2, 0.25) is 0 Å². The van der Waals surface area contributed by atoms with E-state index in [1.807, 2.05) is 6.07 Å². The average molecular weight is 295 g/mol. The van der Waals surface area contributed by atoms with E-state index in [0.29, 0.717) is 4.90 Å². The Morgan fingerprint density at radius 3 is 3.11 bits per heavy atom. The Kier molecular flexibility index (Phi) is 3.26. The molecule has 1 aromatic carbocycles. The number of sulfonamides is 1. The van der Waals surface area contributed by atoms with Gasteiger partial charge < -0.3 is 5.32 Å². The molecule has 0 spiro atoms. The number of anilines is 1. The van der Waals surface area contributed by atoms with Crippen LogP contribution in [0.25, 0.3) is 0 Å². The third-order valence-electron chi connectivity index (χ3n) is 3.02. The van der Waals surface area contributed by atoms with Gasteiger partial charge in [0.25, 0.3) is 0 Å². The number of rotatable bonds is 4. The topological polar surface area (TPSA) is 71.1 Å². The highest BCUT2D eigenvalue weighted by atomic mass is 32.2. The minimum atomic E-state index is -3.47. The summed E-state index contributed by atoms with van der Waals surface area (Å²) in [6.45, 7) is 1.14. The van der Waals surface area contributed by atoms with E-state index in [9.17, 15) is 8.42 Å². The Labute approximate surface area is 115 Å². The van der Waals surface area contributed by atoms with Crippen molar-refractivity contribution in [3.63, 3.8) is 0 Å². The first kappa shape index (κ1) is 12.6. The second kappa shape index (κ2) is 4.92. The first-order valence-electron chi connectivity index (χ1n) is 5.89. The van der Waals surface area contributed by atoms with Crippen molar-refractivity contribution < 1.29 is 8.42 Å². The van der Waals surface area contributed by atoms with Crippen molar-refractivity contribution in [3.05, 3.63) is 40.3 Å². The Morgan fingerprint density at radius 1 is 1.42 bits per heavy atom. The van der Waals surface area contributed by atoms with Crippen LogP contribution in [0.5, 0.6) is 0 Å². The number of benzene rings is 1. The van der Waals surface area contributed by atoms with Crippen LogP contribution in [0.15, 0.2) is 34.8 Å². The van der Waals surface area contributed by atoms with E-state index in [2.05, 4.69) is 15.0 Å². The third-order valence-corrected chi connectivity index (χ3v) is 5.20. The van der Waals surface area contributed by atoms with Gasteiger partial charge in [-0.2, -0.15) is 0 Å². The summed E-state index contributed by atoms with van der Waals surface area (Å²) in [5.41, 5.74) is 3.77. The van der Waals surface area contributed by atoms with Gasteiger partial charge in [-0.1, -0.05) is 6.07 Å². The van der Waals surface area contributed by atoms with Gasteiger partial charge >= 0.3 is 0 Å². The summed E-state index contributed by atoms with van der Waals surface area (Å²) in [5, 5.41) is 3.18. The zero-order valence-corrected chi connectivity index (χ0v) is 11.7. The fraction of sp³-hybridized carbons (Fsp3) is 0.250. The maximum Gasteiger partial charge on any atom is 0.240 e. The molecule has 0 saturated carbocycles. The van der Waals surface area contributed by atoms with Gasteiger partial charge in [0.1, 0.15) is 0 Å². The molecule has 0 fully saturated rings. The minimum Gasteiger partial charge on any atom is -0.384 e. The minimum absolute atomic E-state index is 0.275. The van der Waals surface area contributed by atoms with Gasteiger partial charge in [0, 0.05) is 29.9 Å². The molecule has 0 aliphatic carbocycles. The highest BCUT2D eigenvalue weighted by molar-refractivity contribution is 7.89. The van der Waals surface area contributed by atoms with E-state index in [0.717, 1.165) is 23.5 Å². The molecule has 2 heterocycles. The first-order valence-corrected chi connectivity index (χ1v) is 8.25. The molecule has 100 valence electrons. The van der Waals surface area contributed by atoms with E-state index in [4.69, 9.17) is 0 Å². The summed E-state index contributed by atoms with van der Waals surface area (Å²) in [6.07, 6.45) is 2.61. The van der Waals surface area contributed by atoms with Crippen LogP contribution in [0, 0.1) is 0 Å². The van der Waals surface area contributed by atoms with Crippen molar-refractivity contribution in [2.24, 2.45) is 0 Å². The van der Waals surface area contributed by atoms with E-state index in [-0.39, 0.29) is 6.54 Å². The molecule has 19 heavy (non-hydrogen) atoms. The molecule has 1 aromatic heterocycles. The maximum atomic E-state index is 12.2. The monoisotopic (exact) mass is 295 g/mol. The molecule has 0 atom stereocenters. The first-order chi connectivity index (χ1) is 9.15. The smallest absolute Gasteiger partial charge is 0.240 e. The fourth-order valence-corrected chi connectivity index (χ4v) is 3.67. The van der Waals surface area contributed by atoms with Crippen LogP contribution < -0.4 is 10.0 Å². The lowest BCUT2D eigenvalue weighted by Gasteiger charge is -2.07. The second-order valence-electron chi connectivity index (χ2n) is 4.29. The summed E-state index contributed by atoms with van der Waals surface area (Å²) in [6, 6.07) is 5.22. The second-order valence-corrected chi connectivity index (χ2v) is 7.03. The SMILES string of the molecule is O=S(=O)(NCc1cncs1)c1ccc2c(c1)NCC2. The van der Waals surface area contributed by atoms with Gasteiger partial charge in [-0.25, -0.2) is 13.1 Å². The zero-order chi connectivity index (χ0) is 13.3. The molecule has 0 amide bonds. The van der Waals surface area contributed by atoms with E-state index >= 15 is 0 Å². The van der Waals surface area contributed by atoms with E-state index in [1.165, 1.54) is 16.9 Å². The molecule has 7 heteroatoms. The number of thiazole rings is 1. The van der Waals surface area contributed by atoms with Crippen molar-refractivity contribution in [3.8, 4) is 0 Å². The predicted octanol–water partition coefficient (Wildman–Crippen LogP) is 1.59. The molecule has 2 aromatic rings. The lowest BCUT2D eigenvalue weighted by atomic mass is 10.2. The predicted molar refractivity (Wildman–Crippen MR) is 74.8 cm³/mol. The summed E-state index contributed by atoms with van der Waals surface area (Å²) in [7, 11) is -3.47. The standard InChI is InChI=1S/C12H13N3O2S2/c16-19(17,15-7-10-6-13-8-18-10)11-2-1-9-3-4-14-12(9)5-11/h1-2,5-6,8,14-15H,3-4,7H2. The average Bonchev–Trinajstić information content (AvgIpc) is 3.06. The zero-order valence-electron chi connectivity index (χ0n) is 10.1. The third kappa shape index (κ3) is 2.63. The number of hydrogen-bond acceptors (Lipinski definition) is 5. The van der Waals surface area contributed by atoms with Crippen LogP contribution in [0.3, 0.4) is 0 Å². The molecule has 5 nitrogen and oxygen atoms in total. The quantitative estimate of drug-likeness (QED) is 0.898. The normalized spacial score (nSPS) is 14.1. The van der Waals surface area contributed by atoms with Gasteiger partial charge in [0.15, 0.2) is 0 Å². The number of nitrogens with zero attached hydrogens (tertiary/aromatic N) is 1. The van der Waals surface area contributed by atoms with Crippen molar-refractivity contribution in [1.82, 2.24) is 9.71 Å². The number of nitrogens with one attached hydrogen (secondary N) is 2. The highest BCUT2D eigenvalue weighted by Crippen LogP contribution is 2.25. The summed E-state index contributed by atoms with van der Waals surface area (Å²) >= 11 is 1.43. The highest BCUT2D eigenvalue weighted by Gasteiger charge is 2.18. The Hall–Kier alpha value is -1.44. The van der Waals surface area contributed by atoms with Crippen LogP contribution in [-0.4, -0.2) is 19.9 Å². The maximum absolute atomic E-state index is 12.2. The number of fused-ring (bicyclic) bond motifs is 1. The van der Waals surface area contributed by atoms with E-state index in [1.54, 1.807) is 23.8 Å². The Bertz CT molecular complexity index is 681. The van der Waals surface area contributed by atoms with Gasteiger partial charge in [0.05, 0.1) is 10.4 Å². The Balaban J connectivity index is 1.80. The van der Waals surface area contributed by atoms with Crippen molar-refractivity contribution in [2.75, 3.05) is 11.9 Å². The molecule has 0 unspecified atom stereocenters. The van der Waals surface area contributed by atoms with Gasteiger partial charge in [-0.3, -0.25) is 4.98 Å². The molecule has 0 bridgehead atoms. The number of hydrogen-bond donors (Lipinski definition) is 2. The van der Waals surface area contributed by atoms with Crippen LogP contribution in [0.4, 0.5) is 5.69 Å². The summed E-state index contributed by atoms with van der Waals surface area (Å²) < 4.78 is 26.9. The molecule has 1 aliphatic heterocycles. The van der Waals surface area contributed by atoms with E-state index < -0.39 is 10.0 Å². The molecular weight excluding hydrogens is 282 g/mol. The van der Waals surface area contributed by atoms with Crippen LogP contribution in [0.1, 0.15) is 10.4 Å². The Morgan fingerprint density at radius 2 is 2.32 bits per heavy atom. The van der Waals surface area contributed by atoms with Crippen molar-refractivity contribution in [2.45, 2.75) is 17.9 Å². The molecule has 0 saturated heterocycles. The molecule has 1 aliphatic rings. The van der Waals surface area contributed by atoms with Gasteiger partial charge in [0.2, 0.25) is 10.0 Å². The molecule has 3 rings (SSSR count). The van der Waals surface area contributed by atoms with Gasteiger partial charge in [-0.15, -0.1) is 11.3 Å². The summed E-state index contributed by atoms with van der Waals surface area (Å²) in [4.78, 5) is 5.10. The number of aromatic nitrogens is 1. The van der Waals surface area contributed by atoms with Crippen molar-refractivity contribution >= 4 is 27.0 Å². The van der Waals surface area contributed by atoms with Crippen LogP contribution >= 0.6 is 11.3 Å². The molecule has 0 radical (unpaired) electrons. The van der Waals surface area contributed by atoms with Crippen LogP contribution in [-0.2, 0) is 23.0 Å². The fourth-order valence-electron chi connectivity index (χ4n) is 2.02. The largest absolute Gasteiger partial charge is 0.384 e. The summed E-state index contributed by atoms with van der Waals surface area (Å²) in [5.74, 6) is 0.